The van der Waals surface area contributed by atoms with Gasteiger partial charge in [0.1, 0.15) is 0 Å². The number of hydrogen-bond donors (Lipinski definition) is 2. The molecule has 0 aromatic heterocycles. The molecule has 1 rings (SSSR count). The molecule has 2 N–H and O–H groups in total. The van der Waals surface area contributed by atoms with Gasteiger partial charge in [-0.3, -0.25) is 0 Å². The number of carbonyl (C=O) groups is 2. The summed E-state index contributed by atoms with van der Waals surface area (Å²) in [6.07, 6.45) is 2.69. The predicted molar refractivity (Wildman–Crippen MR) is 61.7 cm³/mol. The second kappa shape index (κ2) is 5.75. The zero-order valence-corrected chi connectivity index (χ0v) is 10.5. The smallest absolute Gasteiger partial charge is 0.407 e. The van der Waals surface area contributed by atoms with Crippen LogP contribution in [0.5, 0.6) is 0 Å². The zero-order valence-electron chi connectivity index (χ0n) is 10.5. The van der Waals surface area contributed by atoms with Gasteiger partial charge >= 0.3 is 12.2 Å². The van der Waals surface area contributed by atoms with Crippen LogP contribution in [0.1, 0.15) is 32.6 Å². The first-order valence-electron chi connectivity index (χ1n) is 5.72. The van der Waals surface area contributed by atoms with Gasteiger partial charge in [0.2, 0.25) is 0 Å². The van der Waals surface area contributed by atoms with Gasteiger partial charge in [-0.2, -0.15) is 0 Å². The molecule has 2 amide bonds. The van der Waals surface area contributed by atoms with E-state index < -0.39 is 17.7 Å². The third kappa shape index (κ3) is 3.51. The van der Waals surface area contributed by atoms with E-state index in [0.717, 1.165) is 25.7 Å². The van der Waals surface area contributed by atoms with Gasteiger partial charge in [0, 0.05) is 0 Å². The number of carbonyl (C=O) groups excluding carboxylic acids is 2. The summed E-state index contributed by atoms with van der Waals surface area (Å²) in [6.45, 7) is 1.91. The van der Waals surface area contributed by atoms with Crippen LogP contribution in [-0.2, 0) is 9.47 Å². The molecule has 1 aliphatic carbocycles. The molecule has 0 bridgehead atoms. The maximum absolute atomic E-state index is 11.3. The van der Waals surface area contributed by atoms with E-state index in [0.29, 0.717) is 0 Å². The summed E-state index contributed by atoms with van der Waals surface area (Å²) < 4.78 is 9.19. The summed E-state index contributed by atoms with van der Waals surface area (Å²) in [5, 5.41) is 5.55. The molecule has 0 aromatic rings. The monoisotopic (exact) mass is 244 g/mol. The van der Waals surface area contributed by atoms with Gasteiger partial charge in [0.05, 0.1) is 25.8 Å². The lowest BCUT2D eigenvalue weighted by molar-refractivity contribution is 0.122. The normalized spacial score (nSPS) is 28.1. The van der Waals surface area contributed by atoms with E-state index in [-0.39, 0.29) is 6.04 Å². The maximum atomic E-state index is 11.3. The third-order valence-corrected chi connectivity index (χ3v) is 3.26. The third-order valence-electron chi connectivity index (χ3n) is 3.26. The summed E-state index contributed by atoms with van der Waals surface area (Å²) in [5.74, 6) is 0. The molecule has 1 fully saturated rings. The molecule has 6 nitrogen and oxygen atoms in total. The van der Waals surface area contributed by atoms with Crippen molar-refractivity contribution in [3.8, 4) is 0 Å². The van der Waals surface area contributed by atoms with Crippen LogP contribution in [0.4, 0.5) is 9.59 Å². The molecular weight excluding hydrogens is 224 g/mol. The van der Waals surface area contributed by atoms with Gasteiger partial charge in [0.25, 0.3) is 0 Å². The molecule has 2 unspecified atom stereocenters. The van der Waals surface area contributed by atoms with Crippen molar-refractivity contribution in [2.24, 2.45) is 0 Å². The van der Waals surface area contributed by atoms with E-state index in [9.17, 15) is 9.59 Å². The highest BCUT2D eigenvalue weighted by molar-refractivity contribution is 5.70. The van der Waals surface area contributed by atoms with Gasteiger partial charge in [-0.15, -0.1) is 0 Å². The lowest BCUT2D eigenvalue weighted by Gasteiger charge is -2.41. The maximum Gasteiger partial charge on any atom is 0.407 e. The fourth-order valence-corrected chi connectivity index (χ4v) is 2.20. The van der Waals surface area contributed by atoms with Crippen molar-refractivity contribution >= 4 is 12.2 Å². The average Bonchev–Trinajstić information content (AvgIpc) is 2.31. The molecular formula is C11H20N2O4. The van der Waals surface area contributed by atoms with Crippen LogP contribution >= 0.6 is 0 Å². The summed E-state index contributed by atoms with van der Waals surface area (Å²) in [5.41, 5.74) is -0.487. The number of nitrogens with one attached hydrogen (secondary N) is 2. The number of hydrogen-bond acceptors (Lipinski definition) is 4. The van der Waals surface area contributed by atoms with Crippen molar-refractivity contribution in [2.75, 3.05) is 14.2 Å². The van der Waals surface area contributed by atoms with Gasteiger partial charge in [0.15, 0.2) is 0 Å². The summed E-state index contributed by atoms with van der Waals surface area (Å²) in [6, 6.07) is -0.136. The highest BCUT2D eigenvalue weighted by atomic mass is 16.5. The highest BCUT2D eigenvalue weighted by Gasteiger charge is 2.39. The molecule has 0 aromatic carbocycles. The van der Waals surface area contributed by atoms with Crippen LogP contribution in [0.2, 0.25) is 0 Å². The van der Waals surface area contributed by atoms with Gasteiger partial charge in [-0.25, -0.2) is 9.59 Å². The molecule has 0 radical (unpaired) electrons. The molecule has 1 aliphatic rings. The Morgan fingerprint density at radius 1 is 1.18 bits per heavy atom. The minimum atomic E-state index is -0.487. The number of rotatable bonds is 2. The number of methoxy groups -OCH3 is 2. The summed E-state index contributed by atoms with van der Waals surface area (Å²) in [7, 11) is 2.65. The van der Waals surface area contributed by atoms with Crippen molar-refractivity contribution in [1.82, 2.24) is 10.6 Å². The van der Waals surface area contributed by atoms with Crippen molar-refractivity contribution < 1.29 is 19.1 Å². The molecule has 0 spiro atoms. The number of amides is 2. The van der Waals surface area contributed by atoms with Crippen LogP contribution in [-0.4, -0.2) is 38.0 Å². The average molecular weight is 244 g/mol. The number of ether oxygens (including phenoxy) is 2. The Morgan fingerprint density at radius 3 is 2.41 bits per heavy atom. The predicted octanol–water partition coefficient (Wildman–Crippen LogP) is 1.40. The van der Waals surface area contributed by atoms with Crippen molar-refractivity contribution in [2.45, 2.75) is 44.2 Å². The largest absolute Gasteiger partial charge is 0.453 e. The van der Waals surface area contributed by atoms with Crippen LogP contribution in [0.15, 0.2) is 0 Å². The van der Waals surface area contributed by atoms with E-state index in [1.807, 2.05) is 6.92 Å². The van der Waals surface area contributed by atoms with E-state index in [1.54, 1.807) is 0 Å². The van der Waals surface area contributed by atoms with Crippen molar-refractivity contribution in [3.63, 3.8) is 0 Å². The summed E-state index contributed by atoms with van der Waals surface area (Å²) >= 11 is 0. The van der Waals surface area contributed by atoms with Crippen LogP contribution in [0.25, 0.3) is 0 Å². The standard InChI is InChI=1S/C11H20N2O4/c1-11(13-10(15)17-3)7-5-4-6-8(11)12-9(14)16-2/h8H,4-7H2,1-3H3,(H,12,14)(H,13,15). The quantitative estimate of drug-likeness (QED) is 0.769. The molecule has 6 heteroatoms. The fraction of sp³-hybridized carbons (Fsp3) is 0.818. The van der Waals surface area contributed by atoms with E-state index >= 15 is 0 Å². The van der Waals surface area contributed by atoms with Crippen molar-refractivity contribution in [1.29, 1.82) is 0 Å². The molecule has 0 heterocycles. The minimum Gasteiger partial charge on any atom is -0.453 e. The first kappa shape index (κ1) is 13.6. The van der Waals surface area contributed by atoms with Crippen LogP contribution in [0.3, 0.4) is 0 Å². The van der Waals surface area contributed by atoms with Crippen LogP contribution in [0, 0.1) is 0 Å². The Bertz CT molecular complexity index is 295. The van der Waals surface area contributed by atoms with Gasteiger partial charge in [-0.05, 0) is 19.8 Å². The molecule has 1 saturated carbocycles. The Kier molecular flexibility index (Phi) is 4.60. The van der Waals surface area contributed by atoms with E-state index in [1.165, 1.54) is 14.2 Å². The fourth-order valence-electron chi connectivity index (χ4n) is 2.20. The molecule has 2 atom stereocenters. The SMILES string of the molecule is COC(=O)NC1CCCCC1(C)NC(=O)OC. The Balaban J connectivity index is 2.69. The van der Waals surface area contributed by atoms with Gasteiger partial charge in [-0.1, -0.05) is 12.8 Å². The number of alkyl carbamates (subject to hydrolysis) is 2. The molecule has 0 saturated heterocycles. The molecule has 0 aliphatic heterocycles. The first-order chi connectivity index (χ1) is 8.01. The van der Waals surface area contributed by atoms with Gasteiger partial charge < -0.3 is 20.1 Å². The molecule has 17 heavy (non-hydrogen) atoms. The highest BCUT2D eigenvalue weighted by Crippen LogP contribution is 2.28. The second-order valence-electron chi connectivity index (χ2n) is 4.47. The Labute approximate surface area is 101 Å². The van der Waals surface area contributed by atoms with E-state index in [2.05, 4.69) is 20.1 Å². The molecule has 98 valence electrons. The topological polar surface area (TPSA) is 76.7 Å². The Morgan fingerprint density at radius 2 is 1.82 bits per heavy atom. The minimum absolute atomic E-state index is 0.136. The Hall–Kier alpha value is -1.46. The van der Waals surface area contributed by atoms with Crippen LogP contribution < -0.4 is 10.6 Å². The van der Waals surface area contributed by atoms with E-state index in [4.69, 9.17) is 0 Å². The second-order valence-corrected chi connectivity index (χ2v) is 4.47. The van der Waals surface area contributed by atoms with Crippen molar-refractivity contribution in [3.05, 3.63) is 0 Å². The lowest BCUT2D eigenvalue weighted by Crippen LogP contribution is -2.61. The first-order valence-corrected chi connectivity index (χ1v) is 5.72. The zero-order chi connectivity index (χ0) is 12.9. The summed E-state index contributed by atoms with van der Waals surface area (Å²) in [4.78, 5) is 22.6. The lowest BCUT2D eigenvalue weighted by atomic mass is 9.79.